The predicted octanol–water partition coefficient (Wildman–Crippen LogP) is 3.15. The Kier molecular flexibility index (Phi) is 6.02. The molecule has 1 N–H and O–H groups in total. The maximum atomic E-state index is 12.3. The van der Waals surface area contributed by atoms with Crippen LogP contribution in [0, 0.1) is 11.3 Å². The molecule has 4 nitrogen and oxygen atoms in total. The Morgan fingerprint density at radius 3 is 2.45 bits per heavy atom. The molecule has 1 aromatic rings. The number of carbonyl (C=O) groups is 1. The first kappa shape index (κ1) is 16.1. The van der Waals surface area contributed by atoms with Crippen LogP contribution in [0.3, 0.4) is 0 Å². The van der Waals surface area contributed by atoms with Crippen LogP contribution in [0.5, 0.6) is 0 Å². The number of hydrogen-bond donors (Lipinski definition) is 1. The van der Waals surface area contributed by atoms with Gasteiger partial charge in [-0.2, -0.15) is 5.26 Å². The van der Waals surface area contributed by atoms with Crippen molar-refractivity contribution in [3.8, 4) is 6.07 Å². The lowest BCUT2D eigenvalue weighted by atomic mass is 10.1. The lowest BCUT2D eigenvalue weighted by molar-refractivity contribution is -0.117. The summed E-state index contributed by atoms with van der Waals surface area (Å²) in [6, 6.07) is 11.7. The fraction of sp³-hybridized carbons (Fsp3) is 0.444. The van der Waals surface area contributed by atoms with Crippen molar-refractivity contribution in [1.29, 1.82) is 5.26 Å². The second kappa shape index (κ2) is 8.23. The SMILES string of the molecule is CC(NC(=O)/C(C#N)=C\N1CCCCCC1)c1ccccc1. The van der Waals surface area contributed by atoms with Crippen molar-refractivity contribution < 1.29 is 4.79 Å². The molecule has 0 aromatic heterocycles. The molecule has 1 fully saturated rings. The number of benzene rings is 1. The number of hydrogen-bond acceptors (Lipinski definition) is 3. The lowest BCUT2D eigenvalue weighted by Crippen LogP contribution is -2.29. The van der Waals surface area contributed by atoms with Gasteiger partial charge in [0.1, 0.15) is 11.6 Å². The highest BCUT2D eigenvalue weighted by atomic mass is 16.1. The Balaban J connectivity index is 2.01. The van der Waals surface area contributed by atoms with E-state index in [1.807, 2.05) is 43.3 Å². The van der Waals surface area contributed by atoms with Gasteiger partial charge in [0, 0.05) is 19.3 Å². The van der Waals surface area contributed by atoms with E-state index in [2.05, 4.69) is 10.2 Å². The van der Waals surface area contributed by atoms with Crippen LogP contribution in [-0.2, 0) is 4.79 Å². The van der Waals surface area contributed by atoms with Crippen molar-refractivity contribution in [3.05, 3.63) is 47.7 Å². The largest absolute Gasteiger partial charge is 0.376 e. The van der Waals surface area contributed by atoms with Crippen LogP contribution in [0.2, 0.25) is 0 Å². The number of nitrogens with zero attached hydrogens (tertiary/aromatic N) is 2. The van der Waals surface area contributed by atoms with Gasteiger partial charge in [-0.15, -0.1) is 0 Å². The number of carbonyl (C=O) groups excluding carboxylic acids is 1. The summed E-state index contributed by atoms with van der Waals surface area (Å²) in [6.45, 7) is 3.77. The topological polar surface area (TPSA) is 56.1 Å². The minimum absolute atomic E-state index is 0.116. The molecular formula is C18H23N3O. The van der Waals surface area contributed by atoms with Gasteiger partial charge < -0.3 is 10.2 Å². The van der Waals surface area contributed by atoms with Crippen molar-refractivity contribution in [2.24, 2.45) is 0 Å². The monoisotopic (exact) mass is 297 g/mol. The van der Waals surface area contributed by atoms with Crippen molar-refractivity contribution in [2.45, 2.75) is 38.6 Å². The molecule has 0 bridgehead atoms. The smallest absolute Gasteiger partial charge is 0.263 e. The highest BCUT2D eigenvalue weighted by Crippen LogP contribution is 2.14. The third-order valence-corrected chi connectivity index (χ3v) is 3.96. The molecule has 2 rings (SSSR count). The predicted molar refractivity (Wildman–Crippen MR) is 86.7 cm³/mol. The molecule has 1 aliphatic rings. The van der Waals surface area contributed by atoms with E-state index in [0.29, 0.717) is 0 Å². The fourth-order valence-corrected chi connectivity index (χ4v) is 2.64. The van der Waals surface area contributed by atoms with E-state index in [0.717, 1.165) is 31.5 Å². The number of nitriles is 1. The number of likely N-dealkylation sites (tertiary alicyclic amines) is 1. The summed E-state index contributed by atoms with van der Waals surface area (Å²) in [5.74, 6) is -0.303. The van der Waals surface area contributed by atoms with E-state index in [-0.39, 0.29) is 17.5 Å². The highest BCUT2D eigenvalue weighted by molar-refractivity contribution is 5.97. The second-order valence-corrected chi connectivity index (χ2v) is 5.71. The zero-order chi connectivity index (χ0) is 15.8. The van der Waals surface area contributed by atoms with Gasteiger partial charge >= 0.3 is 0 Å². The summed E-state index contributed by atoms with van der Waals surface area (Å²) in [7, 11) is 0. The molecule has 1 unspecified atom stereocenters. The molecule has 1 heterocycles. The maximum Gasteiger partial charge on any atom is 0.263 e. The summed E-state index contributed by atoms with van der Waals surface area (Å²) < 4.78 is 0. The van der Waals surface area contributed by atoms with Gasteiger partial charge in [0.15, 0.2) is 0 Å². The van der Waals surface area contributed by atoms with Gasteiger partial charge in [-0.3, -0.25) is 4.79 Å². The third kappa shape index (κ3) is 4.63. The van der Waals surface area contributed by atoms with Crippen LogP contribution >= 0.6 is 0 Å². The lowest BCUT2D eigenvalue weighted by Gasteiger charge is -2.19. The molecule has 1 saturated heterocycles. The van der Waals surface area contributed by atoms with Gasteiger partial charge in [-0.1, -0.05) is 43.2 Å². The first-order chi connectivity index (χ1) is 10.7. The van der Waals surface area contributed by atoms with Crippen molar-refractivity contribution in [2.75, 3.05) is 13.1 Å². The molecule has 0 saturated carbocycles. The summed E-state index contributed by atoms with van der Waals surface area (Å²) in [5.41, 5.74) is 1.22. The molecule has 0 spiro atoms. The van der Waals surface area contributed by atoms with Crippen LogP contribution in [-0.4, -0.2) is 23.9 Å². The Bertz CT molecular complexity index is 551. The molecule has 1 aromatic carbocycles. The van der Waals surface area contributed by atoms with Crippen LogP contribution in [0.4, 0.5) is 0 Å². The molecule has 116 valence electrons. The van der Waals surface area contributed by atoms with Crippen LogP contribution < -0.4 is 5.32 Å². The standard InChI is InChI=1S/C18H23N3O/c1-15(16-9-5-4-6-10-16)20-18(22)17(13-19)14-21-11-7-2-3-8-12-21/h4-6,9-10,14-15H,2-3,7-8,11-12H2,1H3,(H,20,22)/b17-14-. The second-order valence-electron chi connectivity index (χ2n) is 5.71. The number of amides is 1. The molecule has 1 amide bonds. The zero-order valence-electron chi connectivity index (χ0n) is 13.1. The van der Waals surface area contributed by atoms with E-state index in [4.69, 9.17) is 0 Å². The molecule has 0 radical (unpaired) electrons. The Morgan fingerprint density at radius 2 is 1.86 bits per heavy atom. The Hall–Kier alpha value is -2.28. The van der Waals surface area contributed by atoms with E-state index in [1.165, 1.54) is 12.8 Å². The van der Waals surface area contributed by atoms with Crippen LogP contribution in [0.15, 0.2) is 42.1 Å². The van der Waals surface area contributed by atoms with Crippen molar-refractivity contribution in [1.82, 2.24) is 10.2 Å². The molecular weight excluding hydrogens is 274 g/mol. The summed E-state index contributed by atoms with van der Waals surface area (Å²) in [6.07, 6.45) is 6.42. The maximum absolute atomic E-state index is 12.3. The van der Waals surface area contributed by atoms with Crippen LogP contribution in [0.25, 0.3) is 0 Å². The van der Waals surface area contributed by atoms with E-state index in [1.54, 1.807) is 6.20 Å². The average molecular weight is 297 g/mol. The van der Waals surface area contributed by atoms with Gasteiger partial charge in [-0.05, 0) is 25.3 Å². The zero-order valence-corrected chi connectivity index (χ0v) is 13.1. The Labute approximate surface area is 132 Å². The minimum Gasteiger partial charge on any atom is -0.376 e. The molecule has 4 heteroatoms. The molecule has 22 heavy (non-hydrogen) atoms. The fourth-order valence-electron chi connectivity index (χ4n) is 2.64. The summed E-state index contributed by atoms with van der Waals surface area (Å²) in [4.78, 5) is 14.4. The van der Waals surface area contributed by atoms with Gasteiger partial charge in [0.2, 0.25) is 0 Å². The first-order valence-corrected chi connectivity index (χ1v) is 7.92. The van der Waals surface area contributed by atoms with Crippen LogP contribution in [0.1, 0.15) is 44.2 Å². The van der Waals surface area contributed by atoms with Gasteiger partial charge in [0.25, 0.3) is 5.91 Å². The summed E-state index contributed by atoms with van der Waals surface area (Å²) in [5, 5.41) is 12.2. The van der Waals surface area contributed by atoms with Crippen molar-refractivity contribution in [3.63, 3.8) is 0 Å². The Morgan fingerprint density at radius 1 is 1.23 bits per heavy atom. The third-order valence-electron chi connectivity index (χ3n) is 3.96. The molecule has 0 aliphatic carbocycles. The average Bonchev–Trinajstić information content (AvgIpc) is 2.81. The van der Waals surface area contributed by atoms with E-state index < -0.39 is 0 Å². The highest BCUT2D eigenvalue weighted by Gasteiger charge is 2.15. The van der Waals surface area contributed by atoms with Gasteiger partial charge in [0.05, 0.1) is 6.04 Å². The normalized spacial score (nSPS) is 17.3. The summed E-state index contributed by atoms with van der Waals surface area (Å²) >= 11 is 0. The van der Waals surface area contributed by atoms with Crippen molar-refractivity contribution >= 4 is 5.91 Å². The van der Waals surface area contributed by atoms with E-state index >= 15 is 0 Å². The molecule has 1 atom stereocenters. The number of rotatable bonds is 4. The quantitative estimate of drug-likeness (QED) is 0.686. The molecule has 1 aliphatic heterocycles. The van der Waals surface area contributed by atoms with Gasteiger partial charge in [-0.25, -0.2) is 0 Å². The number of nitrogens with one attached hydrogen (secondary N) is 1. The van der Waals surface area contributed by atoms with E-state index in [9.17, 15) is 10.1 Å². The first-order valence-electron chi connectivity index (χ1n) is 7.92. The minimum atomic E-state index is -0.303.